The summed E-state index contributed by atoms with van der Waals surface area (Å²) in [4.78, 5) is 31.0. The molecule has 2 heterocycles. The molecule has 2 aromatic carbocycles. The number of thiazole rings is 1. The number of benzene rings is 2. The molecule has 2 amide bonds. The van der Waals surface area contributed by atoms with E-state index >= 15 is 0 Å². The third-order valence-corrected chi connectivity index (χ3v) is 5.93. The minimum atomic E-state index is -4.72. The number of alkyl halides is 3. The summed E-state index contributed by atoms with van der Waals surface area (Å²) in [6.45, 7) is 0.719. The highest BCUT2D eigenvalue weighted by atomic mass is 32.1. The summed E-state index contributed by atoms with van der Waals surface area (Å²) in [7, 11) is 0. The van der Waals surface area contributed by atoms with Gasteiger partial charge < -0.3 is 15.0 Å². The van der Waals surface area contributed by atoms with E-state index in [9.17, 15) is 22.8 Å². The van der Waals surface area contributed by atoms with Gasteiger partial charge in [0, 0.05) is 36.1 Å². The van der Waals surface area contributed by atoms with Gasteiger partial charge in [-0.1, -0.05) is 24.3 Å². The Labute approximate surface area is 192 Å². The van der Waals surface area contributed by atoms with Crippen LogP contribution >= 0.6 is 11.3 Å². The summed E-state index contributed by atoms with van der Waals surface area (Å²) in [5, 5.41) is 3.22. The lowest BCUT2D eigenvalue weighted by atomic mass is 10.1. The van der Waals surface area contributed by atoms with Crippen LogP contribution in [0.3, 0.4) is 0 Å². The first-order chi connectivity index (χ1) is 15.7. The second-order valence-corrected chi connectivity index (χ2v) is 8.66. The van der Waals surface area contributed by atoms with Gasteiger partial charge in [0.15, 0.2) is 5.13 Å². The number of hydrogen-bond acceptors (Lipinski definition) is 5. The molecule has 0 unspecified atom stereocenters. The number of ether oxygens (including phenoxy) is 1. The average Bonchev–Trinajstić information content (AvgIpc) is 3.37. The summed E-state index contributed by atoms with van der Waals surface area (Å²) in [6.07, 6.45) is -1.03. The first-order valence-electron chi connectivity index (χ1n) is 10.2. The molecule has 1 aromatic heterocycles. The van der Waals surface area contributed by atoms with Crippen molar-refractivity contribution in [3.8, 4) is 5.75 Å². The molecule has 0 radical (unpaired) electrons. The molecule has 3 aromatic rings. The van der Waals surface area contributed by atoms with Crippen molar-refractivity contribution >= 4 is 34.0 Å². The van der Waals surface area contributed by atoms with Gasteiger partial charge in [-0.2, -0.15) is 0 Å². The third kappa shape index (κ3) is 6.32. The van der Waals surface area contributed by atoms with Gasteiger partial charge in [0.25, 0.3) is 0 Å². The molecule has 0 saturated carbocycles. The normalized spacial score (nSPS) is 13.9. The standard InChI is InChI=1S/C23H20F3N3O3S/c24-23(25,26)32-18-9-5-15(6-10-18)12-19-14-27-22(33-19)28-20(30)13-16-3-7-17(8-4-16)29-11-1-2-21(29)31/h3-10,14H,1-2,11-13H2,(H,27,28,30). The highest BCUT2D eigenvalue weighted by Gasteiger charge is 2.31. The molecular weight excluding hydrogens is 455 g/mol. The number of halogens is 3. The minimum absolute atomic E-state index is 0.116. The van der Waals surface area contributed by atoms with Crippen LogP contribution in [0.1, 0.15) is 28.8 Å². The molecular formula is C23H20F3N3O3S. The number of rotatable bonds is 7. The third-order valence-electron chi connectivity index (χ3n) is 5.02. The Bertz CT molecular complexity index is 1130. The van der Waals surface area contributed by atoms with Crippen molar-refractivity contribution in [1.29, 1.82) is 0 Å². The molecule has 0 atom stereocenters. The predicted molar refractivity (Wildman–Crippen MR) is 118 cm³/mol. The number of carbonyl (C=O) groups is 2. The number of nitrogens with zero attached hydrogens (tertiary/aromatic N) is 2. The van der Waals surface area contributed by atoms with Crippen molar-refractivity contribution in [3.63, 3.8) is 0 Å². The second kappa shape index (κ2) is 9.62. The summed E-state index contributed by atoms with van der Waals surface area (Å²) in [5.74, 6) is -0.372. The zero-order valence-corrected chi connectivity index (χ0v) is 18.2. The van der Waals surface area contributed by atoms with Crippen molar-refractivity contribution in [3.05, 3.63) is 70.7 Å². The Balaban J connectivity index is 1.29. The first kappa shape index (κ1) is 22.8. The molecule has 10 heteroatoms. The van der Waals surface area contributed by atoms with E-state index in [0.717, 1.165) is 34.7 Å². The lowest BCUT2D eigenvalue weighted by Crippen LogP contribution is -2.23. The van der Waals surface area contributed by atoms with Gasteiger partial charge in [-0.25, -0.2) is 4.98 Å². The zero-order chi connectivity index (χ0) is 23.4. The summed E-state index contributed by atoms with van der Waals surface area (Å²) in [6, 6.07) is 13.0. The van der Waals surface area contributed by atoms with Gasteiger partial charge in [0.2, 0.25) is 11.8 Å². The van der Waals surface area contributed by atoms with Crippen LogP contribution in [0.15, 0.2) is 54.7 Å². The summed E-state index contributed by atoms with van der Waals surface area (Å²) in [5.41, 5.74) is 2.45. The Morgan fingerprint density at radius 3 is 2.42 bits per heavy atom. The Kier molecular flexibility index (Phi) is 6.64. The van der Waals surface area contributed by atoms with E-state index in [-0.39, 0.29) is 24.0 Å². The number of amides is 2. The first-order valence-corrected chi connectivity index (χ1v) is 11.1. The summed E-state index contributed by atoms with van der Waals surface area (Å²) >= 11 is 1.30. The van der Waals surface area contributed by atoms with Gasteiger partial charge in [-0.05, 0) is 41.8 Å². The fourth-order valence-corrected chi connectivity index (χ4v) is 4.38. The van der Waals surface area contributed by atoms with Crippen molar-refractivity contribution in [2.24, 2.45) is 0 Å². The predicted octanol–water partition coefficient (Wildman–Crippen LogP) is 4.94. The highest BCUT2D eigenvalue weighted by molar-refractivity contribution is 7.15. The number of aromatic nitrogens is 1. The van der Waals surface area contributed by atoms with Crippen LogP contribution in [0, 0.1) is 0 Å². The van der Waals surface area contributed by atoms with Crippen LogP contribution in [0.5, 0.6) is 5.75 Å². The van der Waals surface area contributed by atoms with E-state index in [2.05, 4.69) is 15.0 Å². The quantitative estimate of drug-likeness (QED) is 0.526. The van der Waals surface area contributed by atoms with Crippen LogP contribution in [-0.4, -0.2) is 29.7 Å². The largest absolute Gasteiger partial charge is 0.573 e. The van der Waals surface area contributed by atoms with Crippen molar-refractivity contribution < 1.29 is 27.5 Å². The Morgan fingerprint density at radius 2 is 1.79 bits per heavy atom. The zero-order valence-electron chi connectivity index (χ0n) is 17.4. The molecule has 33 heavy (non-hydrogen) atoms. The molecule has 0 spiro atoms. The van der Waals surface area contributed by atoms with E-state index in [4.69, 9.17) is 0 Å². The number of anilines is 2. The maximum atomic E-state index is 12.4. The van der Waals surface area contributed by atoms with E-state index in [0.29, 0.717) is 18.0 Å². The molecule has 1 aliphatic rings. The highest BCUT2D eigenvalue weighted by Crippen LogP contribution is 2.26. The number of nitrogens with one attached hydrogen (secondary N) is 1. The van der Waals surface area contributed by atoms with Gasteiger partial charge >= 0.3 is 6.36 Å². The van der Waals surface area contributed by atoms with Crippen molar-refractivity contribution in [2.45, 2.75) is 32.0 Å². The lowest BCUT2D eigenvalue weighted by Gasteiger charge is -2.15. The average molecular weight is 475 g/mol. The fraction of sp³-hybridized carbons (Fsp3) is 0.261. The molecule has 1 fully saturated rings. The van der Waals surface area contributed by atoms with Crippen LogP contribution in [0.25, 0.3) is 0 Å². The van der Waals surface area contributed by atoms with E-state index < -0.39 is 6.36 Å². The van der Waals surface area contributed by atoms with Gasteiger partial charge in [0.05, 0.1) is 6.42 Å². The fourth-order valence-electron chi connectivity index (χ4n) is 3.52. The molecule has 4 rings (SSSR count). The molecule has 1 saturated heterocycles. The molecule has 1 N–H and O–H groups in total. The van der Waals surface area contributed by atoms with Crippen LogP contribution in [0.2, 0.25) is 0 Å². The van der Waals surface area contributed by atoms with E-state index in [1.807, 2.05) is 24.3 Å². The molecule has 6 nitrogen and oxygen atoms in total. The maximum absolute atomic E-state index is 12.4. The van der Waals surface area contributed by atoms with Gasteiger partial charge in [-0.15, -0.1) is 24.5 Å². The van der Waals surface area contributed by atoms with Gasteiger partial charge in [0.1, 0.15) is 5.75 Å². The second-order valence-electron chi connectivity index (χ2n) is 7.54. The molecule has 0 bridgehead atoms. The lowest BCUT2D eigenvalue weighted by molar-refractivity contribution is -0.274. The SMILES string of the molecule is O=C(Cc1ccc(N2CCCC2=O)cc1)Nc1ncc(Cc2ccc(OC(F)(F)F)cc2)s1. The maximum Gasteiger partial charge on any atom is 0.573 e. The Morgan fingerprint density at radius 1 is 1.09 bits per heavy atom. The Hall–Kier alpha value is -3.40. The van der Waals surface area contributed by atoms with Crippen LogP contribution in [-0.2, 0) is 22.4 Å². The van der Waals surface area contributed by atoms with E-state index in [1.54, 1.807) is 23.2 Å². The van der Waals surface area contributed by atoms with Crippen LogP contribution in [0.4, 0.5) is 24.0 Å². The van der Waals surface area contributed by atoms with Gasteiger partial charge in [-0.3, -0.25) is 9.59 Å². The smallest absolute Gasteiger partial charge is 0.406 e. The topological polar surface area (TPSA) is 71.5 Å². The van der Waals surface area contributed by atoms with Crippen LogP contribution < -0.4 is 15.0 Å². The molecule has 172 valence electrons. The van der Waals surface area contributed by atoms with Crippen molar-refractivity contribution in [2.75, 3.05) is 16.8 Å². The van der Waals surface area contributed by atoms with Crippen molar-refractivity contribution in [1.82, 2.24) is 4.98 Å². The number of hydrogen-bond donors (Lipinski definition) is 1. The summed E-state index contributed by atoms with van der Waals surface area (Å²) < 4.78 is 40.6. The van der Waals surface area contributed by atoms with E-state index in [1.165, 1.54) is 23.5 Å². The molecule has 0 aliphatic carbocycles. The molecule has 1 aliphatic heterocycles. The number of carbonyl (C=O) groups excluding carboxylic acids is 2. The minimum Gasteiger partial charge on any atom is -0.406 e. The monoisotopic (exact) mass is 475 g/mol.